The van der Waals surface area contributed by atoms with Gasteiger partial charge in [0.05, 0.1) is 24.2 Å². The van der Waals surface area contributed by atoms with Gasteiger partial charge in [0, 0.05) is 5.56 Å². The normalized spacial score (nSPS) is 15.0. The number of aromatic nitrogens is 2. The number of carbonyl (C=O) groups excluding carboxylic acids is 1. The standard InChI is InChI=1S/C26H24N4O5S2/c1-16-4-7-18(8-5-16)25-28-29-26(36-25)27-24(31)23-15-30(21-14-17(2)6-13-22(21)35-23)37(32,33)20-11-9-19(34-3)10-12-20/h4-14,23H,15H2,1-3H3,(H,27,29,31)/t23-/m1/s1. The number of amides is 1. The highest BCUT2D eigenvalue weighted by Crippen LogP contribution is 2.38. The van der Waals surface area contributed by atoms with Crippen molar-refractivity contribution in [3.05, 3.63) is 77.9 Å². The highest BCUT2D eigenvalue weighted by atomic mass is 32.2. The maximum atomic E-state index is 13.6. The molecule has 0 unspecified atom stereocenters. The molecule has 0 fully saturated rings. The highest BCUT2D eigenvalue weighted by molar-refractivity contribution is 7.92. The molecule has 9 nitrogen and oxygen atoms in total. The largest absolute Gasteiger partial charge is 0.497 e. The molecule has 1 aliphatic heterocycles. The Morgan fingerprint density at radius 2 is 1.73 bits per heavy atom. The quantitative estimate of drug-likeness (QED) is 0.388. The van der Waals surface area contributed by atoms with Crippen LogP contribution >= 0.6 is 11.3 Å². The molecule has 1 N–H and O–H groups in total. The average Bonchev–Trinajstić information content (AvgIpc) is 3.36. The number of aryl methyl sites for hydroxylation is 2. The van der Waals surface area contributed by atoms with Gasteiger partial charge in [0.25, 0.3) is 15.9 Å². The molecule has 4 aromatic rings. The highest BCUT2D eigenvalue weighted by Gasteiger charge is 2.38. The molecule has 1 amide bonds. The van der Waals surface area contributed by atoms with E-state index in [1.807, 2.05) is 38.1 Å². The molecule has 5 rings (SSSR count). The molecule has 0 radical (unpaired) electrons. The van der Waals surface area contributed by atoms with Crippen LogP contribution in [0.25, 0.3) is 10.6 Å². The maximum Gasteiger partial charge on any atom is 0.269 e. The predicted octanol–water partition coefficient (Wildman–Crippen LogP) is 4.43. The van der Waals surface area contributed by atoms with Gasteiger partial charge in [-0.25, -0.2) is 8.42 Å². The minimum absolute atomic E-state index is 0.0775. The number of carbonyl (C=O) groups is 1. The summed E-state index contributed by atoms with van der Waals surface area (Å²) in [7, 11) is -2.49. The molecule has 37 heavy (non-hydrogen) atoms. The van der Waals surface area contributed by atoms with Gasteiger partial charge in [0.15, 0.2) is 6.10 Å². The van der Waals surface area contributed by atoms with Crippen molar-refractivity contribution >= 4 is 38.1 Å². The number of benzene rings is 3. The molecule has 1 aromatic heterocycles. The molecule has 0 saturated heterocycles. The van der Waals surface area contributed by atoms with Crippen LogP contribution in [-0.2, 0) is 14.8 Å². The molecule has 2 heterocycles. The predicted molar refractivity (Wildman–Crippen MR) is 142 cm³/mol. The van der Waals surface area contributed by atoms with Gasteiger partial charge in [-0.05, 0) is 55.8 Å². The van der Waals surface area contributed by atoms with E-state index in [1.54, 1.807) is 30.3 Å². The first kappa shape index (κ1) is 24.7. The summed E-state index contributed by atoms with van der Waals surface area (Å²) in [6, 6.07) is 19.1. The van der Waals surface area contributed by atoms with E-state index in [2.05, 4.69) is 15.5 Å². The van der Waals surface area contributed by atoms with E-state index in [0.717, 1.165) is 16.7 Å². The number of hydrogen-bond acceptors (Lipinski definition) is 8. The Labute approximate surface area is 218 Å². The first-order chi connectivity index (χ1) is 17.7. The number of anilines is 2. The van der Waals surface area contributed by atoms with E-state index in [1.165, 1.54) is 34.9 Å². The molecule has 0 spiro atoms. The van der Waals surface area contributed by atoms with Crippen molar-refractivity contribution in [3.63, 3.8) is 0 Å². The fraction of sp³-hybridized carbons (Fsp3) is 0.192. The van der Waals surface area contributed by atoms with Gasteiger partial charge in [0.2, 0.25) is 5.13 Å². The van der Waals surface area contributed by atoms with Crippen molar-refractivity contribution in [2.45, 2.75) is 24.8 Å². The number of methoxy groups -OCH3 is 1. The second-order valence-electron chi connectivity index (χ2n) is 8.56. The Morgan fingerprint density at radius 1 is 1.03 bits per heavy atom. The molecule has 0 saturated carbocycles. The monoisotopic (exact) mass is 536 g/mol. The second kappa shape index (κ2) is 9.83. The number of nitrogens with one attached hydrogen (secondary N) is 1. The van der Waals surface area contributed by atoms with Crippen LogP contribution in [0.2, 0.25) is 0 Å². The Morgan fingerprint density at radius 3 is 2.43 bits per heavy atom. The summed E-state index contributed by atoms with van der Waals surface area (Å²) in [5.74, 6) is 0.316. The second-order valence-corrected chi connectivity index (χ2v) is 11.4. The lowest BCUT2D eigenvalue weighted by molar-refractivity contribution is -0.122. The lowest BCUT2D eigenvalue weighted by Crippen LogP contribution is -2.48. The first-order valence-corrected chi connectivity index (χ1v) is 13.7. The summed E-state index contributed by atoms with van der Waals surface area (Å²) in [4.78, 5) is 13.3. The molecular formula is C26H24N4O5S2. The van der Waals surface area contributed by atoms with Crippen molar-refractivity contribution < 1.29 is 22.7 Å². The summed E-state index contributed by atoms with van der Waals surface area (Å²) in [5.41, 5.74) is 3.24. The Balaban J connectivity index is 1.41. The third-order valence-corrected chi connectivity index (χ3v) is 8.56. The smallest absolute Gasteiger partial charge is 0.269 e. The fourth-order valence-corrected chi connectivity index (χ4v) is 6.09. The first-order valence-electron chi connectivity index (χ1n) is 11.4. The minimum Gasteiger partial charge on any atom is -0.497 e. The van der Waals surface area contributed by atoms with Crippen LogP contribution in [0.15, 0.2) is 71.6 Å². The Hall–Kier alpha value is -3.96. The zero-order valence-corrected chi connectivity index (χ0v) is 22.0. The van der Waals surface area contributed by atoms with Crippen molar-refractivity contribution in [2.24, 2.45) is 0 Å². The number of nitrogens with zero attached hydrogens (tertiary/aromatic N) is 3. The number of hydrogen-bond donors (Lipinski definition) is 1. The van der Waals surface area contributed by atoms with E-state index in [9.17, 15) is 13.2 Å². The van der Waals surface area contributed by atoms with Gasteiger partial charge < -0.3 is 9.47 Å². The van der Waals surface area contributed by atoms with E-state index in [-0.39, 0.29) is 11.4 Å². The average molecular weight is 537 g/mol. The molecule has 190 valence electrons. The number of rotatable bonds is 6. The van der Waals surface area contributed by atoms with Gasteiger partial charge in [-0.2, -0.15) is 0 Å². The molecular weight excluding hydrogens is 512 g/mol. The van der Waals surface area contributed by atoms with Crippen LogP contribution in [0.1, 0.15) is 11.1 Å². The Kier molecular flexibility index (Phi) is 6.57. The minimum atomic E-state index is -4.00. The summed E-state index contributed by atoms with van der Waals surface area (Å²) in [6.07, 6.45) is -1.10. The maximum absolute atomic E-state index is 13.6. The van der Waals surface area contributed by atoms with Gasteiger partial charge in [-0.15, -0.1) is 10.2 Å². The van der Waals surface area contributed by atoms with Gasteiger partial charge >= 0.3 is 0 Å². The summed E-state index contributed by atoms with van der Waals surface area (Å²) < 4.78 is 39.6. The summed E-state index contributed by atoms with van der Waals surface area (Å²) >= 11 is 1.22. The Bertz CT molecular complexity index is 1550. The van der Waals surface area contributed by atoms with Gasteiger partial charge in [-0.1, -0.05) is 47.2 Å². The zero-order valence-electron chi connectivity index (χ0n) is 20.3. The SMILES string of the molecule is COc1ccc(S(=O)(=O)N2C[C@H](C(=O)Nc3nnc(-c4ccc(C)cc4)s3)Oc3ccc(C)cc32)cc1. The molecule has 0 bridgehead atoms. The number of ether oxygens (including phenoxy) is 2. The van der Waals surface area contributed by atoms with E-state index < -0.39 is 22.0 Å². The molecule has 0 aliphatic carbocycles. The van der Waals surface area contributed by atoms with Crippen molar-refractivity contribution in [3.8, 4) is 22.1 Å². The van der Waals surface area contributed by atoms with Crippen molar-refractivity contribution in [2.75, 3.05) is 23.3 Å². The molecule has 11 heteroatoms. The number of fused-ring (bicyclic) bond motifs is 1. The van der Waals surface area contributed by atoms with Crippen LogP contribution < -0.4 is 19.1 Å². The van der Waals surface area contributed by atoms with Crippen LogP contribution in [0.4, 0.5) is 10.8 Å². The number of sulfonamides is 1. The van der Waals surface area contributed by atoms with Gasteiger partial charge in [0.1, 0.15) is 16.5 Å². The van der Waals surface area contributed by atoms with Crippen molar-refractivity contribution in [1.29, 1.82) is 0 Å². The fourth-order valence-electron chi connectivity index (χ4n) is 3.87. The van der Waals surface area contributed by atoms with Crippen LogP contribution in [-0.4, -0.2) is 44.3 Å². The van der Waals surface area contributed by atoms with Crippen LogP contribution in [0.3, 0.4) is 0 Å². The van der Waals surface area contributed by atoms with E-state index in [0.29, 0.717) is 27.3 Å². The summed E-state index contributed by atoms with van der Waals surface area (Å²) in [6.45, 7) is 3.65. The lowest BCUT2D eigenvalue weighted by Gasteiger charge is -2.34. The van der Waals surface area contributed by atoms with Gasteiger partial charge in [-0.3, -0.25) is 14.4 Å². The van der Waals surface area contributed by atoms with E-state index >= 15 is 0 Å². The van der Waals surface area contributed by atoms with E-state index in [4.69, 9.17) is 9.47 Å². The van der Waals surface area contributed by atoms with Crippen molar-refractivity contribution in [1.82, 2.24) is 10.2 Å². The summed E-state index contributed by atoms with van der Waals surface area (Å²) in [5, 5.41) is 11.9. The topological polar surface area (TPSA) is 111 Å². The third kappa shape index (κ3) is 5.00. The zero-order chi connectivity index (χ0) is 26.2. The molecule has 1 atom stereocenters. The molecule has 1 aliphatic rings. The third-order valence-electron chi connectivity index (χ3n) is 5.88. The van der Waals surface area contributed by atoms with Crippen LogP contribution in [0, 0.1) is 13.8 Å². The lowest BCUT2D eigenvalue weighted by atomic mass is 10.1. The van der Waals surface area contributed by atoms with Crippen LogP contribution in [0.5, 0.6) is 11.5 Å². The molecule has 3 aromatic carbocycles.